The maximum Gasteiger partial charge on any atom is 0.161 e. The van der Waals surface area contributed by atoms with Gasteiger partial charge in [-0.05, 0) is 66.1 Å². The molecule has 0 unspecified atom stereocenters. The van der Waals surface area contributed by atoms with Gasteiger partial charge in [0.2, 0.25) is 0 Å². The standard InChI is InChI=1S/C33H34FN9S/c1-19(2)9-20(3)38-25-13-23(15-35-16-25)27-7-8-28-31(39-27)32(43-42-28)33-40-29-18-36-17-26(30(29)41-33)22-10-21(11-24(34)12-22)14-37-44(4,5)6/h7-8,10-13,15-19,37-38H,3-5,9,14H2,1-2,6H3,(H,40,41)(H,42,43). The van der Waals surface area contributed by atoms with E-state index in [-0.39, 0.29) is 5.82 Å². The number of benzene rings is 1. The largest absolute Gasteiger partial charge is 0.358 e. The third kappa shape index (κ3) is 6.38. The smallest absolute Gasteiger partial charge is 0.161 e. The molecule has 0 aliphatic rings. The zero-order chi connectivity index (χ0) is 31.0. The van der Waals surface area contributed by atoms with Gasteiger partial charge in [0.15, 0.2) is 11.5 Å². The van der Waals surface area contributed by atoms with Gasteiger partial charge >= 0.3 is 0 Å². The summed E-state index contributed by atoms with van der Waals surface area (Å²) in [5, 5.41) is 11.0. The zero-order valence-corrected chi connectivity index (χ0v) is 25.7. The minimum absolute atomic E-state index is 0.343. The summed E-state index contributed by atoms with van der Waals surface area (Å²) in [5.41, 5.74) is 8.88. The van der Waals surface area contributed by atoms with E-state index < -0.39 is 9.39 Å². The van der Waals surface area contributed by atoms with E-state index in [0.717, 1.165) is 40.1 Å². The Balaban J connectivity index is 1.36. The van der Waals surface area contributed by atoms with Gasteiger partial charge < -0.3 is 10.3 Å². The van der Waals surface area contributed by atoms with Crippen molar-refractivity contribution in [2.75, 3.05) is 11.6 Å². The average Bonchev–Trinajstić information content (AvgIpc) is 3.59. The van der Waals surface area contributed by atoms with Gasteiger partial charge in [0.25, 0.3) is 0 Å². The summed E-state index contributed by atoms with van der Waals surface area (Å²) in [5.74, 6) is 8.77. The van der Waals surface area contributed by atoms with Crippen molar-refractivity contribution in [2.45, 2.75) is 26.8 Å². The fourth-order valence-corrected chi connectivity index (χ4v) is 5.56. The number of nitrogens with zero attached hydrogens (tertiary/aromatic N) is 5. The number of aromatic amines is 2. The molecule has 11 heteroatoms. The molecule has 0 amide bonds. The SMILES string of the molecule is C=C(CC(C)C)Nc1cncc(-c2ccc3[nH]nc(-c4nc5c(-c6cc(F)cc(CNS(=C)(=C)C)c6)cncc5[nH]4)c3n2)c1. The van der Waals surface area contributed by atoms with Crippen molar-refractivity contribution in [1.29, 1.82) is 0 Å². The van der Waals surface area contributed by atoms with E-state index in [1.54, 1.807) is 24.8 Å². The van der Waals surface area contributed by atoms with E-state index in [1.807, 2.05) is 30.5 Å². The van der Waals surface area contributed by atoms with E-state index in [0.29, 0.717) is 51.7 Å². The lowest BCUT2D eigenvalue weighted by Crippen LogP contribution is -2.08. The van der Waals surface area contributed by atoms with Crippen LogP contribution >= 0.6 is 9.39 Å². The van der Waals surface area contributed by atoms with Crippen LogP contribution in [0.25, 0.3) is 56.0 Å². The fourth-order valence-electron chi connectivity index (χ4n) is 5.04. The second kappa shape index (κ2) is 11.7. The van der Waals surface area contributed by atoms with Gasteiger partial charge in [-0.1, -0.05) is 32.2 Å². The summed E-state index contributed by atoms with van der Waals surface area (Å²) in [6.07, 6.45) is 9.75. The molecule has 6 aromatic rings. The lowest BCUT2D eigenvalue weighted by atomic mass is 10.0. The molecule has 0 saturated heterocycles. The van der Waals surface area contributed by atoms with Crippen LogP contribution in [-0.2, 0) is 6.54 Å². The Hall–Kier alpha value is -4.87. The van der Waals surface area contributed by atoms with E-state index >= 15 is 0 Å². The molecule has 0 spiro atoms. The number of pyridine rings is 3. The molecule has 224 valence electrons. The van der Waals surface area contributed by atoms with Crippen LogP contribution in [0.15, 0.2) is 73.5 Å². The summed E-state index contributed by atoms with van der Waals surface area (Å²) in [4.78, 5) is 22.0. The lowest BCUT2D eigenvalue weighted by Gasteiger charge is -2.12. The Labute approximate surface area is 255 Å². The Bertz CT molecular complexity index is 2130. The summed E-state index contributed by atoms with van der Waals surface area (Å²) in [6, 6.07) is 10.8. The first-order valence-corrected chi connectivity index (χ1v) is 16.5. The first-order valence-electron chi connectivity index (χ1n) is 14.1. The quantitative estimate of drug-likeness (QED) is 0.123. The van der Waals surface area contributed by atoms with E-state index in [1.165, 1.54) is 12.1 Å². The van der Waals surface area contributed by atoms with Crippen molar-refractivity contribution in [1.82, 2.24) is 39.8 Å². The van der Waals surface area contributed by atoms with Gasteiger partial charge in [-0.3, -0.25) is 19.8 Å². The molecule has 6 rings (SSSR count). The van der Waals surface area contributed by atoms with Crippen molar-refractivity contribution in [3.8, 4) is 33.9 Å². The molecule has 0 radical (unpaired) electrons. The minimum atomic E-state index is -1.45. The average molecular weight is 608 g/mol. The van der Waals surface area contributed by atoms with Crippen LogP contribution in [0.1, 0.15) is 25.8 Å². The Kier molecular flexibility index (Phi) is 7.74. The van der Waals surface area contributed by atoms with Crippen molar-refractivity contribution in [3.05, 3.63) is 84.8 Å². The van der Waals surface area contributed by atoms with Gasteiger partial charge in [-0.25, -0.2) is 14.4 Å². The molecule has 1 aromatic carbocycles. The number of halogens is 1. The number of anilines is 1. The number of fused-ring (bicyclic) bond motifs is 2. The first kappa shape index (κ1) is 29.2. The molecular formula is C33H34FN9S. The number of hydrogen-bond acceptors (Lipinski definition) is 7. The highest BCUT2D eigenvalue weighted by Crippen LogP contribution is 2.32. The monoisotopic (exact) mass is 607 g/mol. The van der Waals surface area contributed by atoms with Crippen LogP contribution < -0.4 is 10.0 Å². The second-order valence-electron chi connectivity index (χ2n) is 11.6. The summed E-state index contributed by atoms with van der Waals surface area (Å²) >= 11 is 0. The number of nitrogens with one attached hydrogen (secondary N) is 4. The number of hydrogen-bond donors (Lipinski definition) is 4. The predicted octanol–water partition coefficient (Wildman–Crippen LogP) is 7.04. The number of allylic oxidation sites excluding steroid dienone is 1. The number of rotatable bonds is 10. The second-order valence-corrected chi connectivity index (χ2v) is 14.4. The molecule has 5 aromatic heterocycles. The number of H-pyrrole nitrogens is 2. The first-order chi connectivity index (χ1) is 21.0. The molecule has 0 saturated carbocycles. The molecule has 5 heterocycles. The van der Waals surface area contributed by atoms with Gasteiger partial charge in [0.1, 0.15) is 11.3 Å². The molecule has 0 aliphatic heterocycles. The van der Waals surface area contributed by atoms with E-state index in [2.05, 4.69) is 67.4 Å². The Morgan fingerprint density at radius 3 is 2.57 bits per heavy atom. The van der Waals surface area contributed by atoms with Crippen molar-refractivity contribution in [2.24, 2.45) is 5.92 Å². The van der Waals surface area contributed by atoms with Gasteiger partial charge in [-0.2, -0.15) is 14.5 Å². The van der Waals surface area contributed by atoms with Crippen LogP contribution in [0.4, 0.5) is 10.1 Å². The van der Waals surface area contributed by atoms with E-state index in [4.69, 9.17) is 9.97 Å². The lowest BCUT2D eigenvalue weighted by molar-refractivity contribution is 0.625. The van der Waals surface area contributed by atoms with Crippen LogP contribution in [0.2, 0.25) is 0 Å². The van der Waals surface area contributed by atoms with Crippen LogP contribution in [0, 0.1) is 11.7 Å². The highest BCUT2D eigenvalue weighted by molar-refractivity contribution is 8.25. The molecule has 0 bridgehead atoms. The molecule has 44 heavy (non-hydrogen) atoms. The van der Waals surface area contributed by atoms with Gasteiger partial charge in [0.05, 0.1) is 40.3 Å². The number of imidazole rings is 1. The molecule has 0 aliphatic carbocycles. The molecular weight excluding hydrogens is 573 g/mol. The third-order valence-electron chi connectivity index (χ3n) is 6.93. The maximum atomic E-state index is 14.7. The number of aromatic nitrogens is 7. The molecule has 0 fully saturated rings. The van der Waals surface area contributed by atoms with Crippen molar-refractivity contribution >= 4 is 48.9 Å². The van der Waals surface area contributed by atoms with Crippen LogP contribution in [0.5, 0.6) is 0 Å². The Morgan fingerprint density at radius 1 is 0.955 bits per heavy atom. The van der Waals surface area contributed by atoms with Gasteiger partial charge in [-0.15, -0.1) is 0 Å². The fraction of sp³-hybridized carbons (Fsp3) is 0.182. The topological polar surface area (TPSA) is 120 Å². The molecule has 9 nitrogen and oxygen atoms in total. The third-order valence-corrected chi connectivity index (χ3v) is 7.77. The van der Waals surface area contributed by atoms with Crippen molar-refractivity contribution in [3.63, 3.8) is 0 Å². The summed E-state index contributed by atoms with van der Waals surface area (Å²) < 4.78 is 18.0. The molecule has 0 atom stereocenters. The summed E-state index contributed by atoms with van der Waals surface area (Å²) in [6.45, 7) is 8.90. The predicted molar refractivity (Wildman–Crippen MR) is 182 cm³/mol. The van der Waals surface area contributed by atoms with Crippen LogP contribution in [0.3, 0.4) is 0 Å². The molecule has 4 N–H and O–H groups in total. The van der Waals surface area contributed by atoms with Crippen molar-refractivity contribution < 1.29 is 4.39 Å². The highest BCUT2D eigenvalue weighted by atomic mass is 32.2. The van der Waals surface area contributed by atoms with E-state index in [9.17, 15) is 4.39 Å². The normalized spacial score (nSPS) is 11.9. The highest BCUT2D eigenvalue weighted by Gasteiger charge is 2.18. The summed E-state index contributed by atoms with van der Waals surface area (Å²) in [7, 11) is -1.45. The van der Waals surface area contributed by atoms with Gasteiger partial charge in [0, 0.05) is 35.8 Å². The Morgan fingerprint density at radius 2 is 1.77 bits per heavy atom. The minimum Gasteiger partial charge on any atom is -0.358 e. The van der Waals surface area contributed by atoms with Crippen LogP contribution in [-0.4, -0.2) is 53.1 Å². The maximum absolute atomic E-state index is 14.7. The zero-order valence-electron chi connectivity index (χ0n) is 24.9.